The Bertz CT molecular complexity index is 954. The standard InChI is InChI=1S/C20H17FN2O4/c1-13-18(19(23-27-13)14-7-3-2-4-8-14)20(25)26-12-17(24)22-11-15-9-5-6-10-16(15)21/h2-10H,11-12H2,1H3,(H,22,24). The van der Waals surface area contributed by atoms with E-state index in [9.17, 15) is 14.0 Å². The van der Waals surface area contributed by atoms with Gasteiger partial charge < -0.3 is 14.6 Å². The van der Waals surface area contributed by atoms with Crippen LogP contribution in [0.25, 0.3) is 11.3 Å². The third kappa shape index (κ3) is 4.38. The first kappa shape index (κ1) is 18.3. The number of esters is 1. The molecule has 0 unspecified atom stereocenters. The highest BCUT2D eigenvalue weighted by molar-refractivity contribution is 5.98. The summed E-state index contributed by atoms with van der Waals surface area (Å²) in [6.07, 6.45) is 0. The molecule has 0 saturated heterocycles. The molecule has 6 nitrogen and oxygen atoms in total. The van der Waals surface area contributed by atoms with Gasteiger partial charge in [-0.2, -0.15) is 0 Å². The fraction of sp³-hybridized carbons (Fsp3) is 0.150. The number of rotatable bonds is 6. The van der Waals surface area contributed by atoms with Crippen molar-refractivity contribution in [3.63, 3.8) is 0 Å². The topological polar surface area (TPSA) is 81.4 Å². The summed E-state index contributed by atoms with van der Waals surface area (Å²) in [6.45, 7) is 1.10. The van der Waals surface area contributed by atoms with Crippen LogP contribution in [0.15, 0.2) is 59.1 Å². The molecule has 3 rings (SSSR count). The summed E-state index contributed by atoms with van der Waals surface area (Å²) in [5.41, 5.74) is 1.57. The molecule has 0 aliphatic rings. The zero-order valence-corrected chi connectivity index (χ0v) is 14.6. The molecule has 27 heavy (non-hydrogen) atoms. The number of hydrogen-bond acceptors (Lipinski definition) is 5. The molecule has 0 atom stereocenters. The lowest BCUT2D eigenvalue weighted by Gasteiger charge is -2.07. The second-order valence-electron chi connectivity index (χ2n) is 5.77. The summed E-state index contributed by atoms with van der Waals surface area (Å²) in [7, 11) is 0. The Hall–Kier alpha value is -3.48. The van der Waals surface area contributed by atoms with Crippen LogP contribution in [0.5, 0.6) is 0 Å². The van der Waals surface area contributed by atoms with Gasteiger partial charge in [-0.15, -0.1) is 0 Å². The number of amides is 1. The summed E-state index contributed by atoms with van der Waals surface area (Å²) >= 11 is 0. The van der Waals surface area contributed by atoms with Crippen LogP contribution in [0.3, 0.4) is 0 Å². The van der Waals surface area contributed by atoms with Crippen molar-refractivity contribution in [2.24, 2.45) is 0 Å². The van der Waals surface area contributed by atoms with Crippen LogP contribution in [0, 0.1) is 12.7 Å². The fourth-order valence-electron chi connectivity index (χ4n) is 2.50. The van der Waals surface area contributed by atoms with Gasteiger partial charge in [-0.05, 0) is 13.0 Å². The van der Waals surface area contributed by atoms with E-state index in [2.05, 4.69) is 10.5 Å². The molecule has 3 aromatic rings. The lowest BCUT2D eigenvalue weighted by atomic mass is 10.1. The monoisotopic (exact) mass is 368 g/mol. The van der Waals surface area contributed by atoms with E-state index >= 15 is 0 Å². The summed E-state index contributed by atoms with van der Waals surface area (Å²) in [5.74, 6) is -1.37. The summed E-state index contributed by atoms with van der Waals surface area (Å²) in [5, 5.41) is 6.41. The third-order valence-corrected chi connectivity index (χ3v) is 3.88. The van der Waals surface area contributed by atoms with E-state index in [1.54, 1.807) is 37.3 Å². The van der Waals surface area contributed by atoms with E-state index in [1.807, 2.05) is 18.2 Å². The Morgan fingerprint density at radius 2 is 1.81 bits per heavy atom. The van der Waals surface area contributed by atoms with Gasteiger partial charge >= 0.3 is 5.97 Å². The molecular weight excluding hydrogens is 351 g/mol. The van der Waals surface area contributed by atoms with Crippen molar-refractivity contribution >= 4 is 11.9 Å². The first-order chi connectivity index (χ1) is 13.1. The van der Waals surface area contributed by atoms with Gasteiger partial charge in [0.25, 0.3) is 5.91 Å². The molecule has 0 radical (unpaired) electrons. The highest BCUT2D eigenvalue weighted by Gasteiger charge is 2.23. The van der Waals surface area contributed by atoms with Gasteiger partial charge in [-0.25, -0.2) is 9.18 Å². The van der Waals surface area contributed by atoms with Crippen LogP contribution in [0.2, 0.25) is 0 Å². The molecule has 1 heterocycles. The van der Waals surface area contributed by atoms with E-state index in [1.165, 1.54) is 6.07 Å². The number of hydrogen-bond donors (Lipinski definition) is 1. The molecule has 0 aliphatic carbocycles. The molecule has 0 bridgehead atoms. The fourth-order valence-corrected chi connectivity index (χ4v) is 2.50. The van der Waals surface area contributed by atoms with E-state index in [4.69, 9.17) is 9.26 Å². The second kappa shape index (κ2) is 8.27. The molecule has 0 spiro atoms. The van der Waals surface area contributed by atoms with Crippen molar-refractivity contribution in [1.82, 2.24) is 10.5 Å². The third-order valence-electron chi connectivity index (χ3n) is 3.88. The first-order valence-corrected chi connectivity index (χ1v) is 8.25. The Labute approximate surface area is 154 Å². The van der Waals surface area contributed by atoms with E-state index in [-0.39, 0.29) is 12.1 Å². The summed E-state index contributed by atoms with van der Waals surface area (Å²) in [4.78, 5) is 24.3. The van der Waals surface area contributed by atoms with Crippen LogP contribution in [0.4, 0.5) is 4.39 Å². The molecule has 1 amide bonds. The predicted molar refractivity (Wildman–Crippen MR) is 95.2 cm³/mol. The Morgan fingerprint density at radius 3 is 2.56 bits per heavy atom. The van der Waals surface area contributed by atoms with Crippen molar-refractivity contribution < 1.29 is 23.2 Å². The maximum atomic E-state index is 13.5. The number of nitrogens with one attached hydrogen (secondary N) is 1. The normalized spacial score (nSPS) is 10.4. The minimum atomic E-state index is -0.714. The van der Waals surface area contributed by atoms with Crippen molar-refractivity contribution in [2.45, 2.75) is 13.5 Å². The molecule has 0 fully saturated rings. The van der Waals surface area contributed by atoms with Crippen LogP contribution in [0.1, 0.15) is 21.7 Å². The first-order valence-electron chi connectivity index (χ1n) is 8.25. The summed E-state index contributed by atoms with van der Waals surface area (Å²) < 4.78 is 23.7. The highest BCUT2D eigenvalue weighted by Crippen LogP contribution is 2.25. The number of nitrogens with zero attached hydrogens (tertiary/aromatic N) is 1. The Kier molecular flexibility index (Phi) is 5.61. The Balaban J connectivity index is 1.61. The van der Waals surface area contributed by atoms with Gasteiger partial charge in [0.05, 0.1) is 0 Å². The number of aromatic nitrogens is 1. The van der Waals surface area contributed by atoms with Crippen LogP contribution >= 0.6 is 0 Å². The highest BCUT2D eigenvalue weighted by atomic mass is 19.1. The maximum absolute atomic E-state index is 13.5. The lowest BCUT2D eigenvalue weighted by Crippen LogP contribution is -2.28. The van der Waals surface area contributed by atoms with Crippen molar-refractivity contribution in [1.29, 1.82) is 0 Å². The molecule has 138 valence electrons. The average Bonchev–Trinajstić information content (AvgIpc) is 3.07. The van der Waals surface area contributed by atoms with Crippen molar-refractivity contribution in [2.75, 3.05) is 6.61 Å². The van der Waals surface area contributed by atoms with Gasteiger partial charge in [-0.1, -0.05) is 53.7 Å². The minimum Gasteiger partial charge on any atom is -0.452 e. The van der Waals surface area contributed by atoms with E-state index < -0.39 is 24.3 Å². The quantitative estimate of drug-likeness (QED) is 0.676. The maximum Gasteiger partial charge on any atom is 0.344 e. The van der Waals surface area contributed by atoms with Crippen LogP contribution in [-0.2, 0) is 16.1 Å². The zero-order valence-electron chi connectivity index (χ0n) is 14.6. The van der Waals surface area contributed by atoms with Crippen molar-refractivity contribution in [3.05, 3.63) is 77.3 Å². The van der Waals surface area contributed by atoms with E-state index in [0.717, 1.165) is 0 Å². The van der Waals surface area contributed by atoms with Gasteiger partial charge in [0.1, 0.15) is 22.8 Å². The number of halogens is 1. The summed E-state index contributed by atoms with van der Waals surface area (Å²) in [6, 6.07) is 15.1. The number of carbonyl (C=O) groups is 2. The number of aryl methyl sites for hydroxylation is 1. The molecule has 0 aliphatic heterocycles. The van der Waals surface area contributed by atoms with Gasteiger partial charge in [0, 0.05) is 17.7 Å². The number of ether oxygens (including phenoxy) is 1. The molecule has 7 heteroatoms. The van der Waals surface area contributed by atoms with Gasteiger partial charge in [0.2, 0.25) is 0 Å². The Morgan fingerprint density at radius 1 is 1.11 bits per heavy atom. The van der Waals surface area contributed by atoms with Crippen molar-refractivity contribution in [3.8, 4) is 11.3 Å². The van der Waals surface area contributed by atoms with Crippen LogP contribution in [-0.4, -0.2) is 23.6 Å². The largest absolute Gasteiger partial charge is 0.452 e. The number of carbonyl (C=O) groups excluding carboxylic acids is 2. The molecular formula is C20H17FN2O4. The zero-order chi connectivity index (χ0) is 19.2. The molecule has 0 saturated carbocycles. The van der Waals surface area contributed by atoms with Crippen LogP contribution < -0.4 is 5.32 Å². The van der Waals surface area contributed by atoms with Gasteiger partial charge in [-0.3, -0.25) is 4.79 Å². The minimum absolute atomic E-state index is 0.00458. The molecule has 1 aromatic heterocycles. The SMILES string of the molecule is Cc1onc(-c2ccccc2)c1C(=O)OCC(=O)NCc1ccccc1F. The molecule has 2 aromatic carbocycles. The average molecular weight is 368 g/mol. The predicted octanol–water partition coefficient (Wildman–Crippen LogP) is 3.26. The lowest BCUT2D eigenvalue weighted by molar-refractivity contribution is -0.124. The molecule has 1 N–H and O–H groups in total. The second-order valence-corrected chi connectivity index (χ2v) is 5.77. The van der Waals surface area contributed by atoms with E-state index in [0.29, 0.717) is 22.6 Å². The van der Waals surface area contributed by atoms with Gasteiger partial charge in [0.15, 0.2) is 6.61 Å². The number of benzene rings is 2. The smallest absolute Gasteiger partial charge is 0.344 e.